The minimum Gasteiger partial charge on any atom is -0.397 e. The van der Waals surface area contributed by atoms with Gasteiger partial charge < -0.3 is 20.9 Å². The molecule has 0 aromatic heterocycles. The van der Waals surface area contributed by atoms with Gasteiger partial charge in [0.15, 0.2) is 0 Å². The first-order valence-electron chi connectivity index (χ1n) is 5.79. The molecule has 100 valence electrons. The number of nitrogens with one attached hydrogen (secondary N) is 1. The molecule has 2 rings (SSSR count). The first-order valence-corrected chi connectivity index (χ1v) is 6.16. The number of hydrogen-bond donors (Lipinski definition) is 3. The highest BCUT2D eigenvalue weighted by Crippen LogP contribution is 2.28. The van der Waals surface area contributed by atoms with Crippen LogP contribution in [-0.4, -0.2) is 30.5 Å². The Balaban J connectivity index is 2.03. The second-order valence-corrected chi connectivity index (χ2v) is 4.95. The van der Waals surface area contributed by atoms with Crippen LogP contribution in [0.25, 0.3) is 0 Å². The molecule has 0 amide bonds. The van der Waals surface area contributed by atoms with E-state index in [1.807, 2.05) is 0 Å². The van der Waals surface area contributed by atoms with Crippen molar-refractivity contribution in [2.75, 3.05) is 30.8 Å². The molecule has 1 fully saturated rings. The summed E-state index contributed by atoms with van der Waals surface area (Å²) >= 11 is 5.69. The van der Waals surface area contributed by atoms with E-state index in [0.29, 0.717) is 38.3 Å². The van der Waals surface area contributed by atoms with Gasteiger partial charge in [-0.25, -0.2) is 4.39 Å². The summed E-state index contributed by atoms with van der Waals surface area (Å²) in [6, 6.07) is 2.59. The Morgan fingerprint density at radius 2 is 2.11 bits per heavy atom. The zero-order chi connectivity index (χ0) is 13.2. The molecule has 0 bridgehead atoms. The quantitative estimate of drug-likeness (QED) is 0.738. The van der Waals surface area contributed by atoms with Gasteiger partial charge in [0, 0.05) is 38.7 Å². The average Bonchev–Trinajstić information content (AvgIpc) is 2.33. The molecule has 0 radical (unpaired) electrons. The number of aliphatic hydroxyl groups is 1. The summed E-state index contributed by atoms with van der Waals surface area (Å²) in [5.74, 6) is -0.551. The summed E-state index contributed by atoms with van der Waals surface area (Å²) in [6.07, 6.45) is 1.13. The van der Waals surface area contributed by atoms with Crippen LogP contribution in [0, 0.1) is 5.82 Å². The summed E-state index contributed by atoms with van der Waals surface area (Å²) in [6.45, 7) is 1.41. The van der Waals surface area contributed by atoms with Crippen LogP contribution >= 0.6 is 11.6 Å². The minimum atomic E-state index is -0.814. The first kappa shape index (κ1) is 13.4. The number of hydrogen-bond acceptors (Lipinski definition) is 4. The smallest absolute Gasteiger partial charge is 0.143 e. The van der Waals surface area contributed by atoms with Crippen LogP contribution in [-0.2, 0) is 4.74 Å². The van der Waals surface area contributed by atoms with Gasteiger partial charge in [-0.05, 0) is 6.07 Å². The van der Waals surface area contributed by atoms with Crippen LogP contribution in [0.3, 0.4) is 0 Å². The van der Waals surface area contributed by atoms with Gasteiger partial charge in [-0.15, -0.1) is 0 Å². The number of halogens is 2. The second kappa shape index (κ2) is 5.30. The lowest BCUT2D eigenvalue weighted by Gasteiger charge is -2.32. The van der Waals surface area contributed by atoms with Gasteiger partial charge in [-0.2, -0.15) is 0 Å². The lowest BCUT2D eigenvalue weighted by Crippen LogP contribution is -2.42. The van der Waals surface area contributed by atoms with E-state index in [-0.39, 0.29) is 10.7 Å². The molecule has 6 heteroatoms. The number of nitrogens with two attached hydrogens (primary N) is 1. The molecule has 18 heavy (non-hydrogen) atoms. The van der Waals surface area contributed by atoms with Crippen LogP contribution in [0.5, 0.6) is 0 Å². The largest absolute Gasteiger partial charge is 0.397 e. The normalized spacial score (nSPS) is 18.6. The molecular formula is C12H16ClFN2O2. The van der Waals surface area contributed by atoms with Crippen LogP contribution in [0.1, 0.15) is 12.8 Å². The molecule has 1 saturated heterocycles. The van der Waals surface area contributed by atoms with Gasteiger partial charge in [0.05, 0.1) is 22.0 Å². The molecule has 4 N–H and O–H groups in total. The Morgan fingerprint density at radius 1 is 1.44 bits per heavy atom. The molecule has 1 heterocycles. The van der Waals surface area contributed by atoms with Crippen molar-refractivity contribution < 1.29 is 14.2 Å². The summed E-state index contributed by atoms with van der Waals surface area (Å²) < 4.78 is 18.3. The Morgan fingerprint density at radius 3 is 2.78 bits per heavy atom. The van der Waals surface area contributed by atoms with Gasteiger partial charge in [0.25, 0.3) is 0 Å². The number of nitrogen functional groups attached to an aromatic ring is 1. The SMILES string of the molecule is Nc1cc(F)c(Cl)cc1NCC1(O)CCOCC1. The predicted molar refractivity (Wildman–Crippen MR) is 69.3 cm³/mol. The molecule has 4 nitrogen and oxygen atoms in total. The van der Waals surface area contributed by atoms with E-state index in [2.05, 4.69) is 5.32 Å². The van der Waals surface area contributed by atoms with Crippen molar-refractivity contribution in [2.45, 2.75) is 18.4 Å². The summed E-state index contributed by atoms with van der Waals surface area (Å²) in [5.41, 5.74) is 5.67. The Kier molecular flexibility index (Phi) is 3.94. The van der Waals surface area contributed by atoms with Gasteiger partial charge in [0.1, 0.15) is 5.82 Å². The number of benzene rings is 1. The molecule has 0 saturated carbocycles. The fourth-order valence-electron chi connectivity index (χ4n) is 1.90. The van der Waals surface area contributed by atoms with Crippen LogP contribution in [0.2, 0.25) is 5.02 Å². The highest BCUT2D eigenvalue weighted by atomic mass is 35.5. The maximum Gasteiger partial charge on any atom is 0.143 e. The molecule has 0 spiro atoms. The van der Waals surface area contributed by atoms with E-state index in [1.165, 1.54) is 12.1 Å². The lowest BCUT2D eigenvalue weighted by atomic mass is 9.94. The van der Waals surface area contributed by atoms with Crippen molar-refractivity contribution in [1.82, 2.24) is 0 Å². The monoisotopic (exact) mass is 274 g/mol. The van der Waals surface area contributed by atoms with Gasteiger partial charge >= 0.3 is 0 Å². The second-order valence-electron chi connectivity index (χ2n) is 4.54. The molecular weight excluding hydrogens is 259 g/mol. The summed E-state index contributed by atoms with van der Waals surface area (Å²) in [5, 5.41) is 13.3. The maximum atomic E-state index is 13.1. The first-order chi connectivity index (χ1) is 8.50. The van der Waals surface area contributed by atoms with Crippen molar-refractivity contribution in [1.29, 1.82) is 0 Å². The topological polar surface area (TPSA) is 67.5 Å². The zero-order valence-corrected chi connectivity index (χ0v) is 10.6. The average molecular weight is 275 g/mol. The number of anilines is 2. The third-order valence-corrected chi connectivity index (χ3v) is 3.41. The minimum absolute atomic E-state index is 0.00525. The molecule has 0 atom stereocenters. The van der Waals surface area contributed by atoms with Crippen molar-refractivity contribution in [2.24, 2.45) is 0 Å². The number of rotatable bonds is 3. The van der Waals surface area contributed by atoms with E-state index in [4.69, 9.17) is 22.1 Å². The third kappa shape index (κ3) is 3.04. The van der Waals surface area contributed by atoms with Crippen LogP contribution in [0.15, 0.2) is 12.1 Å². The van der Waals surface area contributed by atoms with Gasteiger partial charge in [0.2, 0.25) is 0 Å². The molecule has 1 aliphatic rings. The van der Waals surface area contributed by atoms with Crippen molar-refractivity contribution in [3.05, 3.63) is 23.0 Å². The van der Waals surface area contributed by atoms with E-state index < -0.39 is 11.4 Å². The van der Waals surface area contributed by atoms with Crippen LogP contribution < -0.4 is 11.1 Å². The van der Waals surface area contributed by atoms with Crippen LogP contribution in [0.4, 0.5) is 15.8 Å². The maximum absolute atomic E-state index is 13.1. The Bertz CT molecular complexity index is 436. The summed E-state index contributed by atoms with van der Waals surface area (Å²) in [7, 11) is 0. The standard InChI is InChI=1S/C12H16ClFN2O2/c13-8-5-11(10(15)6-9(8)14)16-7-12(17)1-3-18-4-2-12/h5-6,16-17H,1-4,7,15H2. The highest BCUT2D eigenvalue weighted by molar-refractivity contribution is 6.31. The zero-order valence-electron chi connectivity index (χ0n) is 9.88. The molecule has 1 aromatic carbocycles. The number of ether oxygens (including phenoxy) is 1. The van der Waals surface area contributed by atoms with Gasteiger partial charge in [-0.1, -0.05) is 11.6 Å². The molecule has 1 aliphatic heterocycles. The fraction of sp³-hybridized carbons (Fsp3) is 0.500. The predicted octanol–water partition coefficient (Wildman–Crippen LogP) is 2.01. The Hall–Kier alpha value is -1.04. The molecule has 0 aliphatic carbocycles. The molecule has 0 unspecified atom stereocenters. The molecule has 1 aromatic rings. The van der Waals surface area contributed by atoms with E-state index >= 15 is 0 Å². The van der Waals surface area contributed by atoms with Crippen molar-refractivity contribution >= 4 is 23.0 Å². The van der Waals surface area contributed by atoms with E-state index in [9.17, 15) is 9.50 Å². The van der Waals surface area contributed by atoms with E-state index in [1.54, 1.807) is 0 Å². The highest BCUT2D eigenvalue weighted by Gasteiger charge is 2.29. The fourth-order valence-corrected chi connectivity index (χ4v) is 2.07. The lowest BCUT2D eigenvalue weighted by molar-refractivity contribution is -0.0543. The van der Waals surface area contributed by atoms with Crippen molar-refractivity contribution in [3.63, 3.8) is 0 Å². The van der Waals surface area contributed by atoms with Crippen molar-refractivity contribution in [3.8, 4) is 0 Å². The Labute approximate surface area is 110 Å². The van der Waals surface area contributed by atoms with E-state index in [0.717, 1.165) is 0 Å². The third-order valence-electron chi connectivity index (χ3n) is 3.12. The summed E-state index contributed by atoms with van der Waals surface area (Å²) in [4.78, 5) is 0. The van der Waals surface area contributed by atoms with Gasteiger partial charge in [-0.3, -0.25) is 0 Å².